The van der Waals surface area contributed by atoms with Gasteiger partial charge in [0.15, 0.2) is 0 Å². The van der Waals surface area contributed by atoms with Crippen LogP contribution < -0.4 is 0 Å². The normalized spacial score (nSPS) is 14.7. The number of hydrogen-bond acceptors (Lipinski definition) is 4. The second-order valence-electron chi connectivity index (χ2n) is 3.89. The maximum Gasteiger partial charge on any atom is 0.353 e. The zero-order valence-corrected chi connectivity index (χ0v) is 10.4. The fraction of sp³-hybridized carbons (Fsp3) is 1.00. The van der Waals surface area contributed by atoms with Crippen molar-refractivity contribution in [1.82, 2.24) is 0 Å². The van der Waals surface area contributed by atoms with Gasteiger partial charge in [-0.3, -0.25) is 0 Å². The van der Waals surface area contributed by atoms with Crippen LogP contribution in [0, 0.1) is 0 Å². The molecule has 0 aromatic carbocycles. The number of rotatable bonds is 11. The topological polar surface area (TPSA) is 47.9 Å². The van der Waals surface area contributed by atoms with Crippen LogP contribution in [0.1, 0.15) is 6.92 Å². The average Bonchev–Trinajstić information content (AvgIpc) is 2.26. The minimum absolute atomic E-state index is 0.216. The number of ether oxygens (including phenoxy) is 3. The first-order valence-electron chi connectivity index (χ1n) is 5.45. The van der Waals surface area contributed by atoms with Crippen LogP contribution in [0.4, 0.5) is 22.0 Å². The quantitative estimate of drug-likeness (QED) is 0.465. The third-order valence-electron chi connectivity index (χ3n) is 1.69. The summed E-state index contributed by atoms with van der Waals surface area (Å²) >= 11 is 0. The summed E-state index contributed by atoms with van der Waals surface area (Å²) in [6.07, 6.45) is -4.85. The summed E-state index contributed by atoms with van der Waals surface area (Å²) in [5.74, 6) is -3.60. The van der Waals surface area contributed by atoms with Crippen molar-refractivity contribution in [2.75, 3.05) is 39.7 Å². The Morgan fingerprint density at radius 1 is 1.05 bits per heavy atom. The number of hydrogen-bond donors (Lipinski definition) is 1. The largest absolute Gasteiger partial charge is 0.388 e. The third-order valence-corrected chi connectivity index (χ3v) is 1.69. The second-order valence-corrected chi connectivity index (χ2v) is 3.89. The highest BCUT2D eigenvalue weighted by Crippen LogP contribution is 2.20. The molecule has 9 heteroatoms. The third kappa shape index (κ3) is 12.3. The van der Waals surface area contributed by atoms with Gasteiger partial charge in [-0.25, -0.2) is 13.2 Å². The Bertz CT molecular complexity index is 234. The second kappa shape index (κ2) is 8.62. The first-order chi connectivity index (χ1) is 8.66. The van der Waals surface area contributed by atoms with Crippen molar-refractivity contribution in [3.63, 3.8) is 0 Å². The molecule has 0 amide bonds. The zero-order chi connectivity index (χ0) is 14.9. The Kier molecular flexibility index (Phi) is 8.39. The molecule has 0 aromatic heterocycles. The molecule has 0 heterocycles. The van der Waals surface area contributed by atoms with E-state index < -0.39 is 44.6 Å². The van der Waals surface area contributed by atoms with E-state index in [1.807, 2.05) is 0 Å². The summed E-state index contributed by atoms with van der Waals surface area (Å²) in [6.45, 7) is -4.02. The van der Waals surface area contributed by atoms with E-state index >= 15 is 0 Å². The van der Waals surface area contributed by atoms with Gasteiger partial charge in [0.05, 0.1) is 19.8 Å². The smallest absolute Gasteiger partial charge is 0.353 e. The van der Waals surface area contributed by atoms with Crippen LogP contribution in [-0.4, -0.2) is 63.0 Å². The molecule has 0 saturated carbocycles. The van der Waals surface area contributed by atoms with Gasteiger partial charge in [-0.2, -0.15) is 8.78 Å². The lowest BCUT2D eigenvalue weighted by atomic mass is 10.3. The van der Waals surface area contributed by atoms with Crippen LogP contribution in [0.2, 0.25) is 0 Å². The molecule has 0 spiro atoms. The van der Waals surface area contributed by atoms with Crippen LogP contribution in [-0.2, 0) is 14.2 Å². The number of halogens is 5. The van der Waals surface area contributed by atoms with Gasteiger partial charge in [0.1, 0.15) is 26.0 Å². The predicted octanol–water partition coefficient (Wildman–Crippen LogP) is 1.61. The van der Waals surface area contributed by atoms with Crippen LogP contribution >= 0.6 is 0 Å². The summed E-state index contributed by atoms with van der Waals surface area (Å²) in [5.41, 5.74) is 0. The molecular formula is C10H17F5O4. The molecule has 0 rings (SSSR count). The highest BCUT2D eigenvalue weighted by molar-refractivity contribution is 4.65. The molecule has 116 valence electrons. The summed E-state index contributed by atoms with van der Waals surface area (Å²) in [6, 6.07) is 0. The van der Waals surface area contributed by atoms with Crippen molar-refractivity contribution in [3.8, 4) is 0 Å². The van der Waals surface area contributed by atoms with Crippen LogP contribution in [0.15, 0.2) is 0 Å². The van der Waals surface area contributed by atoms with Crippen molar-refractivity contribution in [1.29, 1.82) is 0 Å². The van der Waals surface area contributed by atoms with Gasteiger partial charge in [0.2, 0.25) is 0 Å². The van der Waals surface area contributed by atoms with E-state index in [0.29, 0.717) is 6.92 Å². The highest BCUT2D eigenvalue weighted by atomic mass is 19.3. The van der Waals surface area contributed by atoms with Gasteiger partial charge in [-0.1, -0.05) is 0 Å². The summed E-state index contributed by atoms with van der Waals surface area (Å²) in [5, 5.41) is 9.16. The lowest BCUT2D eigenvalue weighted by molar-refractivity contribution is -0.260. The highest BCUT2D eigenvalue weighted by Gasteiger charge is 2.35. The molecule has 0 aromatic rings. The van der Waals surface area contributed by atoms with E-state index in [4.69, 9.17) is 5.11 Å². The average molecular weight is 296 g/mol. The monoisotopic (exact) mass is 296 g/mol. The van der Waals surface area contributed by atoms with E-state index in [0.717, 1.165) is 0 Å². The predicted molar refractivity (Wildman–Crippen MR) is 55.1 cm³/mol. The molecule has 0 fully saturated rings. The Labute approximate surface area is 107 Å². The standard InChI is InChI=1S/C10H17F5O4/c1-9(12,13)19-7-10(14,15)6-18-5-8(16)4-17-3-2-11/h8,16H,2-7H2,1H3. The lowest BCUT2D eigenvalue weighted by Gasteiger charge is -2.20. The minimum Gasteiger partial charge on any atom is -0.388 e. The molecule has 1 N–H and O–H groups in total. The van der Waals surface area contributed by atoms with Gasteiger partial charge in [0.25, 0.3) is 5.92 Å². The summed E-state index contributed by atoms with van der Waals surface area (Å²) < 4.78 is 74.6. The molecule has 4 nitrogen and oxygen atoms in total. The lowest BCUT2D eigenvalue weighted by Crippen LogP contribution is -2.35. The Hall–Kier alpha value is -0.510. The number of alkyl halides is 5. The van der Waals surface area contributed by atoms with Crippen molar-refractivity contribution in [2.45, 2.75) is 25.1 Å². The van der Waals surface area contributed by atoms with Gasteiger partial charge in [-0.15, -0.1) is 0 Å². The Balaban J connectivity index is 3.73. The summed E-state index contributed by atoms with van der Waals surface area (Å²) in [4.78, 5) is 0. The van der Waals surface area contributed by atoms with E-state index in [1.165, 1.54) is 0 Å². The van der Waals surface area contributed by atoms with Gasteiger partial charge in [0, 0.05) is 6.92 Å². The molecule has 0 bridgehead atoms. The number of aliphatic hydroxyl groups is 1. The van der Waals surface area contributed by atoms with Crippen molar-refractivity contribution in [3.05, 3.63) is 0 Å². The molecule has 1 atom stereocenters. The van der Waals surface area contributed by atoms with E-state index in [1.54, 1.807) is 0 Å². The SMILES string of the molecule is CC(F)(F)OCC(F)(F)COCC(O)COCCF. The van der Waals surface area contributed by atoms with Crippen molar-refractivity contribution < 1.29 is 41.3 Å². The van der Waals surface area contributed by atoms with Gasteiger partial charge in [-0.05, 0) is 0 Å². The van der Waals surface area contributed by atoms with E-state index in [2.05, 4.69) is 14.2 Å². The Morgan fingerprint density at radius 3 is 2.16 bits per heavy atom. The number of aliphatic hydroxyl groups excluding tert-OH is 1. The Morgan fingerprint density at radius 2 is 1.63 bits per heavy atom. The molecular weight excluding hydrogens is 279 g/mol. The minimum atomic E-state index is -3.65. The maximum atomic E-state index is 13.0. The van der Waals surface area contributed by atoms with Gasteiger partial charge < -0.3 is 19.3 Å². The van der Waals surface area contributed by atoms with E-state index in [-0.39, 0.29) is 13.2 Å². The molecule has 1 unspecified atom stereocenters. The van der Waals surface area contributed by atoms with Crippen molar-refractivity contribution >= 4 is 0 Å². The zero-order valence-electron chi connectivity index (χ0n) is 10.4. The first kappa shape index (κ1) is 18.5. The molecule has 0 aliphatic carbocycles. The van der Waals surface area contributed by atoms with Crippen LogP contribution in [0.5, 0.6) is 0 Å². The maximum absolute atomic E-state index is 13.0. The first-order valence-corrected chi connectivity index (χ1v) is 5.45. The van der Waals surface area contributed by atoms with Crippen molar-refractivity contribution in [2.24, 2.45) is 0 Å². The molecule has 0 radical (unpaired) electrons. The molecule has 19 heavy (non-hydrogen) atoms. The fourth-order valence-corrected chi connectivity index (χ4v) is 0.940. The molecule has 0 saturated heterocycles. The van der Waals surface area contributed by atoms with Crippen LogP contribution in [0.3, 0.4) is 0 Å². The molecule has 0 aliphatic heterocycles. The fourth-order valence-electron chi connectivity index (χ4n) is 0.940. The summed E-state index contributed by atoms with van der Waals surface area (Å²) in [7, 11) is 0. The van der Waals surface area contributed by atoms with E-state index in [9.17, 15) is 22.0 Å². The van der Waals surface area contributed by atoms with Gasteiger partial charge >= 0.3 is 6.11 Å². The molecule has 0 aliphatic rings. The van der Waals surface area contributed by atoms with Crippen LogP contribution in [0.25, 0.3) is 0 Å².